The summed E-state index contributed by atoms with van der Waals surface area (Å²) in [6.07, 6.45) is -4.00. The molecule has 1 aromatic carbocycles. The molecule has 0 fully saturated rings. The SMILES string of the molecule is N#CCNC(=O)c1cn(CCC(F)Cn2cc(C(=O)NCc3cc(OC(F)(F)F)ccc3F)nn2)nn1. The van der Waals surface area contributed by atoms with E-state index >= 15 is 0 Å². The summed E-state index contributed by atoms with van der Waals surface area (Å²) in [5, 5.41) is 27.6. The molecule has 0 saturated heterocycles. The Kier molecular flexibility index (Phi) is 8.66. The predicted molar refractivity (Wildman–Crippen MR) is 112 cm³/mol. The molecule has 196 valence electrons. The van der Waals surface area contributed by atoms with E-state index in [1.54, 1.807) is 6.07 Å². The number of alkyl halides is 4. The van der Waals surface area contributed by atoms with Crippen LogP contribution in [0.1, 0.15) is 33.0 Å². The maximum atomic E-state index is 14.4. The monoisotopic (exact) mass is 527 g/mol. The van der Waals surface area contributed by atoms with Crippen LogP contribution in [0.3, 0.4) is 0 Å². The Labute approximate surface area is 205 Å². The van der Waals surface area contributed by atoms with Gasteiger partial charge in [-0.1, -0.05) is 10.4 Å². The molecule has 17 heteroatoms. The summed E-state index contributed by atoms with van der Waals surface area (Å²) in [4.78, 5) is 23.9. The van der Waals surface area contributed by atoms with Crippen LogP contribution in [0.15, 0.2) is 30.6 Å². The van der Waals surface area contributed by atoms with Gasteiger partial charge in [-0.2, -0.15) is 5.26 Å². The summed E-state index contributed by atoms with van der Waals surface area (Å²) in [5.41, 5.74) is -0.512. The first kappa shape index (κ1) is 27.0. The smallest absolute Gasteiger partial charge is 0.406 e. The molecule has 0 aliphatic carbocycles. The van der Waals surface area contributed by atoms with Crippen molar-refractivity contribution >= 4 is 11.8 Å². The number of benzene rings is 1. The molecule has 2 N–H and O–H groups in total. The average molecular weight is 527 g/mol. The summed E-state index contributed by atoms with van der Waals surface area (Å²) in [6, 6.07) is 4.10. The van der Waals surface area contributed by atoms with E-state index in [0.29, 0.717) is 0 Å². The van der Waals surface area contributed by atoms with Crippen molar-refractivity contribution in [2.45, 2.75) is 38.6 Å². The summed E-state index contributed by atoms with van der Waals surface area (Å²) in [7, 11) is 0. The lowest BCUT2D eigenvalue weighted by molar-refractivity contribution is -0.274. The second-order valence-corrected chi connectivity index (χ2v) is 7.40. The van der Waals surface area contributed by atoms with Crippen molar-refractivity contribution in [2.24, 2.45) is 0 Å². The van der Waals surface area contributed by atoms with Crippen LogP contribution in [-0.4, -0.2) is 60.9 Å². The van der Waals surface area contributed by atoms with E-state index in [2.05, 4.69) is 36.0 Å². The number of amides is 2. The van der Waals surface area contributed by atoms with E-state index in [9.17, 15) is 31.5 Å². The number of ether oxygens (including phenoxy) is 1. The molecule has 12 nitrogen and oxygen atoms in total. The van der Waals surface area contributed by atoms with Crippen molar-refractivity contribution in [3.8, 4) is 11.8 Å². The lowest BCUT2D eigenvalue weighted by Gasteiger charge is -2.11. The van der Waals surface area contributed by atoms with Gasteiger partial charge in [-0.3, -0.25) is 14.3 Å². The van der Waals surface area contributed by atoms with E-state index in [-0.39, 0.29) is 43.0 Å². The second-order valence-electron chi connectivity index (χ2n) is 7.40. The molecule has 37 heavy (non-hydrogen) atoms. The minimum Gasteiger partial charge on any atom is -0.406 e. The van der Waals surface area contributed by atoms with Crippen LogP contribution in [0.2, 0.25) is 0 Å². The number of nitrogens with one attached hydrogen (secondary N) is 2. The largest absolute Gasteiger partial charge is 0.573 e. The molecule has 0 radical (unpaired) electrons. The van der Waals surface area contributed by atoms with Gasteiger partial charge in [0.05, 0.1) is 25.0 Å². The predicted octanol–water partition coefficient (Wildman–Crippen LogP) is 1.52. The Balaban J connectivity index is 1.48. The topological polar surface area (TPSA) is 153 Å². The zero-order chi connectivity index (χ0) is 27.0. The van der Waals surface area contributed by atoms with Gasteiger partial charge in [-0.05, 0) is 18.2 Å². The highest BCUT2D eigenvalue weighted by Gasteiger charge is 2.31. The number of carbonyl (C=O) groups is 2. The number of aryl methyl sites for hydroxylation is 1. The molecule has 1 atom stereocenters. The molecule has 2 aromatic heterocycles. The number of halogens is 5. The van der Waals surface area contributed by atoms with Crippen LogP contribution >= 0.6 is 0 Å². The van der Waals surface area contributed by atoms with Gasteiger partial charge in [0.2, 0.25) is 0 Å². The van der Waals surface area contributed by atoms with E-state index in [1.807, 2.05) is 0 Å². The fourth-order valence-electron chi connectivity index (χ4n) is 2.93. The molecule has 0 aliphatic heterocycles. The molecule has 2 heterocycles. The molecule has 0 bridgehead atoms. The maximum Gasteiger partial charge on any atom is 0.573 e. The van der Waals surface area contributed by atoms with Crippen LogP contribution in [0.5, 0.6) is 5.75 Å². The number of nitriles is 1. The van der Waals surface area contributed by atoms with Gasteiger partial charge in [-0.25, -0.2) is 13.5 Å². The van der Waals surface area contributed by atoms with E-state index in [0.717, 1.165) is 29.1 Å². The first-order valence-corrected chi connectivity index (χ1v) is 10.5. The first-order chi connectivity index (χ1) is 17.5. The number of aromatic nitrogens is 6. The molecular formula is C20H18F5N9O3. The number of rotatable bonds is 11. The average Bonchev–Trinajstić information content (AvgIpc) is 3.50. The Morgan fingerprint density at radius 1 is 1.08 bits per heavy atom. The van der Waals surface area contributed by atoms with Crippen molar-refractivity contribution in [3.05, 3.63) is 53.4 Å². The van der Waals surface area contributed by atoms with E-state index in [1.165, 1.54) is 10.9 Å². The number of nitrogens with zero attached hydrogens (tertiary/aromatic N) is 7. The third kappa shape index (κ3) is 8.23. The number of hydrogen-bond donors (Lipinski definition) is 2. The lowest BCUT2D eigenvalue weighted by Crippen LogP contribution is -2.24. The van der Waals surface area contributed by atoms with Gasteiger partial charge < -0.3 is 15.4 Å². The Morgan fingerprint density at radius 2 is 1.73 bits per heavy atom. The summed E-state index contributed by atoms with van der Waals surface area (Å²) in [6.45, 7) is -0.857. The fraction of sp³-hybridized carbons (Fsp3) is 0.350. The van der Waals surface area contributed by atoms with Gasteiger partial charge in [0.25, 0.3) is 11.8 Å². The molecule has 0 saturated carbocycles. The summed E-state index contributed by atoms with van der Waals surface area (Å²) >= 11 is 0. The Bertz CT molecular complexity index is 1280. The van der Waals surface area contributed by atoms with Crippen LogP contribution in [-0.2, 0) is 19.6 Å². The van der Waals surface area contributed by atoms with Gasteiger partial charge >= 0.3 is 6.36 Å². The van der Waals surface area contributed by atoms with Crippen molar-refractivity contribution in [3.63, 3.8) is 0 Å². The van der Waals surface area contributed by atoms with E-state index < -0.39 is 42.5 Å². The first-order valence-electron chi connectivity index (χ1n) is 10.5. The number of carbonyl (C=O) groups excluding carboxylic acids is 2. The van der Waals surface area contributed by atoms with Crippen molar-refractivity contribution in [1.29, 1.82) is 5.26 Å². The minimum absolute atomic E-state index is 0.0305. The molecular weight excluding hydrogens is 509 g/mol. The van der Waals surface area contributed by atoms with Crippen molar-refractivity contribution in [2.75, 3.05) is 6.54 Å². The highest BCUT2D eigenvalue weighted by Crippen LogP contribution is 2.24. The standard InChI is InChI=1S/C20H18F5N9O3/c21-13(3-6-33-10-16(29-31-33)18(35)27-5-4-26)9-34-11-17(30-32-34)19(36)28-8-12-7-14(1-2-15(12)22)37-20(23,24)25/h1-2,7,10-11,13H,3,5-6,8-9H2,(H,27,35)(H,28,36). The van der Waals surface area contributed by atoms with E-state index in [4.69, 9.17) is 5.26 Å². The van der Waals surface area contributed by atoms with Crippen molar-refractivity contribution in [1.82, 2.24) is 40.6 Å². The van der Waals surface area contributed by atoms with Gasteiger partial charge in [0.1, 0.15) is 24.3 Å². The van der Waals surface area contributed by atoms with Crippen LogP contribution in [0.25, 0.3) is 0 Å². The van der Waals surface area contributed by atoms with Crippen LogP contribution in [0, 0.1) is 17.1 Å². The minimum atomic E-state index is -4.96. The number of hydrogen-bond acceptors (Lipinski definition) is 8. The maximum absolute atomic E-state index is 14.4. The van der Waals surface area contributed by atoms with Gasteiger partial charge in [-0.15, -0.1) is 23.4 Å². The zero-order valence-corrected chi connectivity index (χ0v) is 18.7. The molecule has 2 amide bonds. The molecule has 3 aromatic rings. The summed E-state index contributed by atoms with van der Waals surface area (Å²) < 4.78 is 71.3. The van der Waals surface area contributed by atoms with Crippen molar-refractivity contribution < 1.29 is 36.3 Å². The Morgan fingerprint density at radius 3 is 2.41 bits per heavy atom. The third-order valence-corrected chi connectivity index (χ3v) is 4.62. The normalized spacial score (nSPS) is 12.0. The van der Waals surface area contributed by atoms with Gasteiger partial charge in [0.15, 0.2) is 11.4 Å². The quantitative estimate of drug-likeness (QED) is 0.281. The highest BCUT2D eigenvalue weighted by atomic mass is 19.4. The molecule has 0 aliphatic rings. The van der Waals surface area contributed by atoms with Gasteiger partial charge in [0, 0.05) is 25.1 Å². The molecule has 0 spiro atoms. The highest BCUT2D eigenvalue weighted by molar-refractivity contribution is 5.92. The van der Waals surface area contributed by atoms with Crippen LogP contribution < -0.4 is 15.4 Å². The zero-order valence-electron chi connectivity index (χ0n) is 18.7. The molecule has 3 rings (SSSR count). The lowest BCUT2D eigenvalue weighted by atomic mass is 10.2. The second kappa shape index (κ2) is 11.9. The Hall–Kier alpha value is -4.62. The fourth-order valence-corrected chi connectivity index (χ4v) is 2.93. The summed E-state index contributed by atoms with van der Waals surface area (Å²) in [5.74, 6) is -2.92. The molecule has 1 unspecified atom stereocenters. The van der Waals surface area contributed by atoms with Crippen LogP contribution in [0.4, 0.5) is 22.0 Å². The third-order valence-electron chi connectivity index (χ3n) is 4.62.